The van der Waals surface area contributed by atoms with E-state index in [1.807, 2.05) is 12.1 Å². The molecule has 0 radical (unpaired) electrons. The van der Waals surface area contributed by atoms with Crippen molar-refractivity contribution in [3.63, 3.8) is 0 Å². The third kappa shape index (κ3) is 2.56. The Morgan fingerprint density at radius 2 is 2.07 bits per heavy atom. The lowest BCUT2D eigenvalue weighted by Gasteiger charge is -2.28. The zero-order valence-electron chi connectivity index (χ0n) is 8.40. The summed E-state index contributed by atoms with van der Waals surface area (Å²) in [6, 6.07) is 8.32. The highest BCUT2D eigenvalue weighted by molar-refractivity contribution is 9.10. The first-order chi connectivity index (χ1) is 7.29. The Morgan fingerprint density at radius 1 is 1.33 bits per heavy atom. The zero-order valence-corrected chi connectivity index (χ0v) is 9.98. The molecule has 0 unspecified atom stereocenters. The molecule has 1 aliphatic rings. The quantitative estimate of drug-likeness (QED) is 0.771. The van der Waals surface area contributed by atoms with Gasteiger partial charge in [-0.05, 0) is 30.5 Å². The van der Waals surface area contributed by atoms with Crippen LogP contribution >= 0.6 is 15.9 Å². The van der Waals surface area contributed by atoms with Gasteiger partial charge < -0.3 is 0 Å². The molecule has 1 aromatic carbocycles. The van der Waals surface area contributed by atoms with Gasteiger partial charge in [0, 0.05) is 23.5 Å². The lowest BCUT2D eigenvalue weighted by atomic mass is 9.91. The maximum atomic E-state index is 10.5. The molecule has 0 N–H and O–H groups in total. The van der Waals surface area contributed by atoms with Crippen molar-refractivity contribution >= 4 is 15.9 Å². The Kier molecular flexibility index (Phi) is 3.36. The van der Waals surface area contributed by atoms with Gasteiger partial charge in [-0.1, -0.05) is 28.1 Å². The van der Waals surface area contributed by atoms with E-state index in [0.717, 1.165) is 30.4 Å². The Bertz CT molecular complexity index is 339. The van der Waals surface area contributed by atoms with Gasteiger partial charge in [0.05, 0.1) is 5.29 Å². The van der Waals surface area contributed by atoms with Gasteiger partial charge in [0.15, 0.2) is 0 Å². The lowest BCUT2D eigenvalue weighted by Crippen LogP contribution is -2.29. The van der Waals surface area contributed by atoms with E-state index in [1.165, 1.54) is 5.56 Å². The predicted molar refractivity (Wildman–Crippen MR) is 63.5 cm³/mol. The standard InChI is InChI=1S/C11H13BrN2O/c12-11-5-3-9(4-6-11)10-2-1-7-14(8-10)13-15/h3-6,10H,1-2,7-8H2/t10-/m1/s1. The highest BCUT2D eigenvalue weighted by Crippen LogP contribution is 2.27. The maximum Gasteiger partial charge on any atom is 0.0524 e. The Labute approximate surface area is 97.5 Å². The summed E-state index contributed by atoms with van der Waals surface area (Å²) in [5.74, 6) is 0.449. The molecule has 2 rings (SSSR count). The zero-order chi connectivity index (χ0) is 10.7. The summed E-state index contributed by atoms with van der Waals surface area (Å²) < 4.78 is 1.09. The van der Waals surface area contributed by atoms with Gasteiger partial charge in [-0.2, -0.15) is 0 Å². The first-order valence-corrected chi connectivity index (χ1v) is 5.92. The molecule has 0 aliphatic carbocycles. The Morgan fingerprint density at radius 3 is 2.73 bits per heavy atom. The second-order valence-corrected chi connectivity index (χ2v) is 4.80. The number of benzene rings is 1. The van der Waals surface area contributed by atoms with Crippen molar-refractivity contribution in [3.05, 3.63) is 39.2 Å². The molecule has 0 aromatic heterocycles. The fraction of sp³-hybridized carbons (Fsp3) is 0.455. The number of nitrogens with zero attached hydrogens (tertiary/aromatic N) is 2. The number of piperidine rings is 1. The van der Waals surface area contributed by atoms with Crippen molar-refractivity contribution in [1.29, 1.82) is 0 Å². The summed E-state index contributed by atoms with van der Waals surface area (Å²) in [6.07, 6.45) is 2.19. The molecule has 0 saturated carbocycles. The largest absolute Gasteiger partial charge is 0.260 e. The monoisotopic (exact) mass is 268 g/mol. The van der Waals surface area contributed by atoms with Crippen LogP contribution in [-0.2, 0) is 0 Å². The van der Waals surface area contributed by atoms with Crippen molar-refractivity contribution in [2.45, 2.75) is 18.8 Å². The van der Waals surface area contributed by atoms with Gasteiger partial charge >= 0.3 is 0 Å². The molecule has 1 heterocycles. The first kappa shape index (κ1) is 10.6. The molecule has 1 atom stereocenters. The van der Waals surface area contributed by atoms with Crippen LogP contribution in [-0.4, -0.2) is 18.1 Å². The molecule has 1 saturated heterocycles. The molecule has 1 aromatic rings. The number of hydrogen-bond acceptors (Lipinski definition) is 2. The van der Waals surface area contributed by atoms with E-state index in [4.69, 9.17) is 0 Å². The smallest absolute Gasteiger partial charge is 0.0524 e. The van der Waals surface area contributed by atoms with Gasteiger partial charge in [0.1, 0.15) is 0 Å². The van der Waals surface area contributed by atoms with Crippen molar-refractivity contribution in [3.8, 4) is 0 Å². The maximum absolute atomic E-state index is 10.5. The van der Waals surface area contributed by atoms with Crippen LogP contribution in [0, 0.1) is 4.91 Å². The first-order valence-electron chi connectivity index (χ1n) is 5.13. The van der Waals surface area contributed by atoms with E-state index in [0.29, 0.717) is 5.92 Å². The predicted octanol–water partition coefficient (Wildman–Crippen LogP) is 3.31. The average molecular weight is 269 g/mol. The highest BCUT2D eigenvalue weighted by atomic mass is 79.9. The summed E-state index contributed by atoms with van der Waals surface area (Å²) >= 11 is 3.42. The van der Waals surface area contributed by atoms with Crippen LogP contribution in [0.4, 0.5) is 0 Å². The average Bonchev–Trinajstić information content (AvgIpc) is 2.30. The molecular weight excluding hydrogens is 256 g/mol. The molecule has 0 amide bonds. The molecule has 1 fully saturated rings. The topological polar surface area (TPSA) is 32.7 Å². The molecule has 4 heteroatoms. The minimum Gasteiger partial charge on any atom is -0.260 e. The third-order valence-electron chi connectivity index (χ3n) is 2.86. The summed E-state index contributed by atoms with van der Waals surface area (Å²) in [6.45, 7) is 1.56. The normalized spacial score (nSPS) is 21.4. The van der Waals surface area contributed by atoms with Crippen molar-refractivity contribution < 1.29 is 0 Å². The van der Waals surface area contributed by atoms with E-state index in [2.05, 4.69) is 33.3 Å². The second kappa shape index (κ2) is 4.75. The molecule has 3 nitrogen and oxygen atoms in total. The van der Waals surface area contributed by atoms with Gasteiger partial charge in [-0.15, -0.1) is 4.91 Å². The van der Waals surface area contributed by atoms with Crippen molar-refractivity contribution in [2.24, 2.45) is 5.29 Å². The molecule has 80 valence electrons. The van der Waals surface area contributed by atoms with Crippen LogP contribution in [0.5, 0.6) is 0 Å². The molecular formula is C11H13BrN2O. The lowest BCUT2D eigenvalue weighted by molar-refractivity contribution is 0.213. The number of rotatable bonds is 2. The summed E-state index contributed by atoms with van der Waals surface area (Å²) in [4.78, 5) is 10.5. The number of hydrogen-bond donors (Lipinski definition) is 0. The molecule has 0 bridgehead atoms. The van der Waals surface area contributed by atoms with E-state index in [9.17, 15) is 4.91 Å². The van der Waals surface area contributed by atoms with Crippen LogP contribution < -0.4 is 0 Å². The van der Waals surface area contributed by atoms with E-state index in [1.54, 1.807) is 5.01 Å². The minimum atomic E-state index is 0.449. The highest BCUT2D eigenvalue weighted by Gasteiger charge is 2.20. The van der Waals surface area contributed by atoms with Gasteiger partial charge in [0.25, 0.3) is 0 Å². The van der Waals surface area contributed by atoms with Crippen molar-refractivity contribution in [2.75, 3.05) is 13.1 Å². The SMILES string of the molecule is O=NN1CCC[C@@H](c2ccc(Br)cc2)C1. The molecule has 1 aliphatic heterocycles. The van der Waals surface area contributed by atoms with Crippen LogP contribution in [0.15, 0.2) is 34.0 Å². The van der Waals surface area contributed by atoms with Crippen molar-refractivity contribution in [1.82, 2.24) is 5.01 Å². The molecule has 0 spiro atoms. The van der Waals surface area contributed by atoms with E-state index in [-0.39, 0.29) is 0 Å². The summed E-state index contributed by atoms with van der Waals surface area (Å²) in [5.41, 5.74) is 1.30. The molecule has 15 heavy (non-hydrogen) atoms. The number of nitroso groups, excluding NO2 is 1. The van der Waals surface area contributed by atoms with Crippen LogP contribution in [0.1, 0.15) is 24.3 Å². The van der Waals surface area contributed by atoms with E-state index >= 15 is 0 Å². The van der Waals surface area contributed by atoms with Crippen LogP contribution in [0.3, 0.4) is 0 Å². The summed E-state index contributed by atoms with van der Waals surface area (Å²) in [7, 11) is 0. The van der Waals surface area contributed by atoms with Gasteiger partial charge in [0.2, 0.25) is 0 Å². The van der Waals surface area contributed by atoms with Gasteiger partial charge in [-0.3, -0.25) is 5.01 Å². The summed E-state index contributed by atoms with van der Waals surface area (Å²) in [5, 5.41) is 4.64. The van der Waals surface area contributed by atoms with Crippen LogP contribution in [0.25, 0.3) is 0 Å². The Hall–Kier alpha value is -0.900. The van der Waals surface area contributed by atoms with E-state index < -0.39 is 0 Å². The van der Waals surface area contributed by atoms with Crippen LogP contribution in [0.2, 0.25) is 0 Å². The second-order valence-electron chi connectivity index (χ2n) is 3.88. The third-order valence-corrected chi connectivity index (χ3v) is 3.39. The number of halogens is 1. The fourth-order valence-corrected chi connectivity index (χ4v) is 2.30. The van der Waals surface area contributed by atoms with Gasteiger partial charge in [-0.25, -0.2) is 0 Å². The Balaban J connectivity index is 2.09. The minimum absolute atomic E-state index is 0.449. The fourth-order valence-electron chi connectivity index (χ4n) is 2.04.